The number of benzene rings is 1. The molecule has 1 aromatic carbocycles. The molecule has 0 aliphatic heterocycles. The van der Waals surface area contributed by atoms with Gasteiger partial charge in [-0.3, -0.25) is 4.68 Å². The molecule has 0 aliphatic rings. The second-order valence-electron chi connectivity index (χ2n) is 4.23. The molecule has 1 unspecified atom stereocenters. The van der Waals surface area contributed by atoms with E-state index in [-0.39, 0.29) is 6.04 Å². The van der Waals surface area contributed by atoms with Crippen molar-refractivity contribution in [2.24, 2.45) is 7.05 Å². The van der Waals surface area contributed by atoms with Gasteiger partial charge in [0.25, 0.3) is 0 Å². The highest BCUT2D eigenvalue weighted by Gasteiger charge is 2.19. The van der Waals surface area contributed by atoms with Crippen LogP contribution in [0, 0.1) is 0 Å². The molecule has 3 nitrogen and oxygen atoms in total. The first-order chi connectivity index (χ1) is 9.17. The summed E-state index contributed by atoms with van der Waals surface area (Å²) in [5.41, 5.74) is 2.17. The fourth-order valence-electron chi connectivity index (χ4n) is 2.13. The summed E-state index contributed by atoms with van der Waals surface area (Å²) in [6.07, 6.45) is 1.68. The van der Waals surface area contributed by atoms with Crippen molar-refractivity contribution >= 4 is 23.4 Å². The van der Waals surface area contributed by atoms with Crippen LogP contribution < -0.4 is 5.32 Å². The molecule has 0 radical (unpaired) electrons. The monoisotopic (exact) mass is 295 g/mol. The van der Waals surface area contributed by atoms with Crippen LogP contribution in [-0.2, 0) is 7.05 Å². The lowest BCUT2D eigenvalue weighted by Crippen LogP contribution is -2.20. The molecule has 1 atom stereocenters. The van der Waals surface area contributed by atoms with E-state index in [2.05, 4.69) is 41.6 Å². The fourth-order valence-corrected chi connectivity index (χ4v) is 3.07. The van der Waals surface area contributed by atoms with Gasteiger partial charge in [-0.2, -0.15) is 5.10 Å². The Balaban J connectivity index is 2.32. The maximum Gasteiger partial charge on any atom is 0.0837 e. The average Bonchev–Trinajstić information content (AvgIpc) is 2.74. The van der Waals surface area contributed by atoms with Crippen molar-refractivity contribution < 1.29 is 0 Å². The minimum absolute atomic E-state index is 0.0562. The molecular formula is C14H18ClN3S. The Morgan fingerprint density at radius 1 is 1.37 bits per heavy atom. The van der Waals surface area contributed by atoms with E-state index >= 15 is 0 Å². The molecule has 2 rings (SSSR count). The van der Waals surface area contributed by atoms with Gasteiger partial charge in [0.2, 0.25) is 0 Å². The van der Waals surface area contributed by atoms with E-state index < -0.39 is 0 Å². The maximum atomic E-state index is 6.22. The van der Waals surface area contributed by atoms with E-state index in [0.717, 1.165) is 11.4 Å². The molecule has 0 saturated carbocycles. The van der Waals surface area contributed by atoms with Gasteiger partial charge in [0.1, 0.15) is 0 Å². The third kappa shape index (κ3) is 3.14. The van der Waals surface area contributed by atoms with Crippen molar-refractivity contribution in [2.45, 2.75) is 17.9 Å². The number of nitrogens with zero attached hydrogens (tertiary/aromatic N) is 2. The number of hydrogen-bond acceptors (Lipinski definition) is 3. The molecule has 102 valence electrons. The summed E-state index contributed by atoms with van der Waals surface area (Å²) in [7, 11) is 3.84. The normalized spacial score (nSPS) is 12.6. The lowest BCUT2D eigenvalue weighted by molar-refractivity contribution is 0.606. The molecule has 0 fully saturated rings. The van der Waals surface area contributed by atoms with Crippen LogP contribution in [0.4, 0.5) is 0 Å². The minimum atomic E-state index is 0.0562. The summed E-state index contributed by atoms with van der Waals surface area (Å²) in [5.74, 6) is 1.09. The van der Waals surface area contributed by atoms with E-state index in [4.69, 9.17) is 11.6 Å². The first-order valence-corrected chi connectivity index (χ1v) is 7.61. The number of rotatable bonds is 5. The predicted molar refractivity (Wildman–Crippen MR) is 82.0 cm³/mol. The van der Waals surface area contributed by atoms with E-state index in [9.17, 15) is 0 Å². The number of thioether (sulfide) groups is 1. The first kappa shape index (κ1) is 14.4. The molecule has 0 amide bonds. The lowest BCUT2D eigenvalue weighted by atomic mass is 10.0. The van der Waals surface area contributed by atoms with E-state index in [1.54, 1.807) is 6.20 Å². The van der Waals surface area contributed by atoms with E-state index in [0.29, 0.717) is 5.02 Å². The first-order valence-electron chi connectivity index (χ1n) is 6.24. The number of nitrogens with one attached hydrogen (secondary N) is 1. The van der Waals surface area contributed by atoms with Crippen molar-refractivity contribution in [1.82, 2.24) is 15.1 Å². The number of aromatic nitrogens is 2. The number of hydrogen-bond donors (Lipinski definition) is 1. The largest absolute Gasteiger partial charge is 0.308 e. The summed E-state index contributed by atoms with van der Waals surface area (Å²) in [4.78, 5) is 1.29. The molecular weight excluding hydrogens is 278 g/mol. The summed E-state index contributed by atoms with van der Waals surface area (Å²) in [6, 6.07) is 8.64. The molecule has 1 N–H and O–H groups in total. The molecule has 0 saturated heterocycles. The van der Waals surface area contributed by atoms with Crippen molar-refractivity contribution in [3.05, 3.63) is 46.7 Å². The second-order valence-corrected chi connectivity index (χ2v) is 5.97. The minimum Gasteiger partial charge on any atom is -0.308 e. The highest BCUT2D eigenvalue weighted by Crippen LogP contribution is 2.28. The van der Waals surface area contributed by atoms with Crippen LogP contribution in [0.5, 0.6) is 0 Å². The summed E-state index contributed by atoms with van der Waals surface area (Å²) >= 11 is 8.07. The summed E-state index contributed by atoms with van der Waals surface area (Å²) in [5, 5.41) is 8.19. The summed E-state index contributed by atoms with van der Waals surface area (Å²) < 4.78 is 1.82. The SMILES string of the molecule is CCSc1ccc(C(NC)c2c(Cl)cnn2C)cc1. The maximum absolute atomic E-state index is 6.22. The van der Waals surface area contributed by atoms with Crippen molar-refractivity contribution in [3.63, 3.8) is 0 Å². The number of aryl methyl sites for hydroxylation is 1. The molecule has 19 heavy (non-hydrogen) atoms. The molecule has 0 spiro atoms. The second kappa shape index (κ2) is 6.46. The van der Waals surface area contributed by atoms with Crippen LogP contribution in [0.15, 0.2) is 35.4 Å². The smallest absolute Gasteiger partial charge is 0.0837 e. The van der Waals surface area contributed by atoms with Gasteiger partial charge in [0, 0.05) is 11.9 Å². The van der Waals surface area contributed by atoms with Crippen molar-refractivity contribution in [1.29, 1.82) is 0 Å². The van der Waals surface area contributed by atoms with Crippen molar-refractivity contribution in [2.75, 3.05) is 12.8 Å². The van der Waals surface area contributed by atoms with Crippen LogP contribution in [0.1, 0.15) is 24.2 Å². The number of halogens is 1. The zero-order valence-electron chi connectivity index (χ0n) is 11.4. The van der Waals surface area contributed by atoms with Gasteiger partial charge in [0.15, 0.2) is 0 Å². The Hall–Kier alpha value is -0.970. The van der Waals surface area contributed by atoms with Crippen LogP contribution in [0.25, 0.3) is 0 Å². The predicted octanol–water partition coefficient (Wildman–Crippen LogP) is 3.49. The van der Waals surface area contributed by atoms with Gasteiger partial charge >= 0.3 is 0 Å². The molecule has 1 aromatic heterocycles. The Kier molecular flexibility index (Phi) is 4.91. The van der Waals surface area contributed by atoms with Gasteiger partial charge in [-0.15, -0.1) is 11.8 Å². The average molecular weight is 296 g/mol. The highest BCUT2D eigenvalue weighted by atomic mass is 35.5. The quantitative estimate of drug-likeness (QED) is 0.856. The van der Waals surface area contributed by atoms with Gasteiger partial charge in [-0.1, -0.05) is 30.7 Å². The van der Waals surface area contributed by atoms with Gasteiger partial charge in [0.05, 0.1) is 23.0 Å². The van der Waals surface area contributed by atoms with Gasteiger partial charge < -0.3 is 5.32 Å². The molecule has 0 aliphatic carbocycles. The Labute approximate surface area is 123 Å². The molecule has 2 aromatic rings. The van der Waals surface area contributed by atoms with Crippen LogP contribution in [0.2, 0.25) is 5.02 Å². The third-order valence-electron chi connectivity index (χ3n) is 3.02. The standard InChI is InChI=1S/C14H18ClN3S/c1-4-19-11-7-5-10(6-8-11)13(16-2)14-12(15)9-17-18(14)3/h5-9,13,16H,4H2,1-3H3. The molecule has 1 heterocycles. The van der Waals surface area contributed by atoms with E-state index in [1.807, 2.05) is 30.5 Å². The highest BCUT2D eigenvalue weighted by molar-refractivity contribution is 7.99. The van der Waals surface area contributed by atoms with E-state index in [1.165, 1.54) is 10.5 Å². The fraction of sp³-hybridized carbons (Fsp3) is 0.357. The van der Waals surface area contributed by atoms with Crippen LogP contribution in [0.3, 0.4) is 0 Å². The molecule has 0 bridgehead atoms. The summed E-state index contributed by atoms with van der Waals surface area (Å²) in [6.45, 7) is 2.16. The zero-order valence-corrected chi connectivity index (χ0v) is 12.9. The third-order valence-corrected chi connectivity index (χ3v) is 4.21. The van der Waals surface area contributed by atoms with Crippen LogP contribution >= 0.6 is 23.4 Å². The lowest BCUT2D eigenvalue weighted by Gasteiger charge is -2.18. The Bertz CT molecular complexity index is 517. The Morgan fingerprint density at radius 3 is 2.53 bits per heavy atom. The van der Waals surface area contributed by atoms with Gasteiger partial charge in [-0.05, 0) is 30.5 Å². The topological polar surface area (TPSA) is 29.9 Å². The zero-order chi connectivity index (χ0) is 13.8. The molecule has 5 heteroatoms. The van der Waals surface area contributed by atoms with Gasteiger partial charge in [-0.25, -0.2) is 0 Å². The van der Waals surface area contributed by atoms with Crippen LogP contribution in [-0.4, -0.2) is 22.6 Å². The van der Waals surface area contributed by atoms with Crippen molar-refractivity contribution in [3.8, 4) is 0 Å². The Morgan fingerprint density at radius 2 is 2.05 bits per heavy atom.